The van der Waals surface area contributed by atoms with Crippen molar-refractivity contribution in [2.75, 3.05) is 25.1 Å². The SMILES string of the molecule is CCOCCCNC(=O)Nc1ccnn1C. The number of carbonyl (C=O) groups excluding carboxylic acids is 1. The van der Waals surface area contributed by atoms with Crippen LogP contribution in [-0.2, 0) is 11.8 Å². The van der Waals surface area contributed by atoms with Gasteiger partial charge in [-0.25, -0.2) is 4.79 Å². The van der Waals surface area contributed by atoms with Gasteiger partial charge in [0.05, 0.1) is 6.20 Å². The van der Waals surface area contributed by atoms with Crippen molar-refractivity contribution in [3.8, 4) is 0 Å². The van der Waals surface area contributed by atoms with Crippen LogP contribution in [0.3, 0.4) is 0 Å². The van der Waals surface area contributed by atoms with Gasteiger partial charge >= 0.3 is 6.03 Å². The summed E-state index contributed by atoms with van der Waals surface area (Å²) in [7, 11) is 1.77. The van der Waals surface area contributed by atoms with Gasteiger partial charge in [0.15, 0.2) is 0 Å². The molecule has 0 aliphatic rings. The maximum Gasteiger partial charge on any atom is 0.320 e. The minimum Gasteiger partial charge on any atom is -0.382 e. The van der Waals surface area contributed by atoms with Crippen molar-refractivity contribution in [3.05, 3.63) is 12.3 Å². The zero-order chi connectivity index (χ0) is 11.8. The predicted molar refractivity (Wildman–Crippen MR) is 61.3 cm³/mol. The fourth-order valence-electron chi connectivity index (χ4n) is 1.18. The molecule has 6 nitrogen and oxygen atoms in total. The summed E-state index contributed by atoms with van der Waals surface area (Å²) in [5, 5.41) is 9.37. The van der Waals surface area contributed by atoms with E-state index in [0.717, 1.165) is 6.42 Å². The average molecular weight is 226 g/mol. The van der Waals surface area contributed by atoms with E-state index in [1.807, 2.05) is 6.92 Å². The highest BCUT2D eigenvalue weighted by atomic mass is 16.5. The number of hydrogen-bond acceptors (Lipinski definition) is 3. The minimum absolute atomic E-state index is 0.222. The van der Waals surface area contributed by atoms with Gasteiger partial charge in [-0.05, 0) is 13.3 Å². The molecule has 0 atom stereocenters. The van der Waals surface area contributed by atoms with E-state index in [4.69, 9.17) is 4.74 Å². The summed E-state index contributed by atoms with van der Waals surface area (Å²) in [4.78, 5) is 11.4. The van der Waals surface area contributed by atoms with Crippen LogP contribution in [0.1, 0.15) is 13.3 Å². The number of hydrogen-bond donors (Lipinski definition) is 2. The molecular formula is C10H18N4O2. The maximum atomic E-state index is 11.4. The molecular weight excluding hydrogens is 208 g/mol. The first-order valence-electron chi connectivity index (χ1n) is 5.34. The van der Waals surface area contributed by atoms with E-state index >= 15 is 0 Å². The van der Waals surface area contributed by atoms with Crippen LogP contribution in [0.2, 0.25) is 0 Å². The molecule has 0 aliphatic heterocycles. The second-order valence-electron chi connectivity index (χ2n) is 3.27. The van der Waals surface area contributed by atoms with Gasteiger partial charge < -0.3 is 10.1 Å². The Balaban J connectivity index is 2.14. The Morgan fingerprint density at radius 1 is 1.62 bits per heavy atom. The van der Waals surface area contributed by atoms with Gasteiger partial charge in [0.2, 0.25) is 0 Å². The molecule has 0 saturated carbocycles. The second kappa shape index (κ2) is 6.84. The number of amides is 2. The molecule has 0 spiro atoms. The van der Waals surface area contributed by atoms with E-state index in [1.165, 1.54) is 0 Å². The highest BCUT2D eigenvalue weighted by molar-refractivity contribution is 5.88. The van der Waals surface area contributed by atoms with Gasteiger partial charge in [0.1, 0.15) is 5.82 Å². The number of rotatable bonds is 6. The molecule has 1 heterocycles. The molecule has 2 amide bonds. The minimum atomic E-state index is -0.222. The summed E-state index contributed by atoms with van der Waals surface area (Å²) >= 11 is 0. The zero-order valence-electron chi connectivity index (χ0n) is 9.69. The van der Waals surface area contributed by atoms with Crippen LogP contribution in [0, 0.1) is 0 Å². The first-order chi connectivity index (χ1) is 7.74. The normalized spacial score (nSPS) is 10.1. The third-order valence-corrected chi connectivity index (χ3v) is 2.02. The third-order valence-electron chi connectivity index (χ3n) is 2.02. The lowest BCUT2D eigenvalue weighted by Crippen LogP contribution is -2.30. The van der Waals surface area contributed by atoms with Crippen LogP contribution in [0.15, 0.2) is 12.3 Å². The number of aryl methyl sites for hydroxylation is 1. The molecule has 16 heavy (non-hydrogen) atoms. The van der Waals surface area contributed by atoms with Crippen molar-refractivity contribution in [2.24, 2.45) is 7.05 Å². The maximum absolute atomic E-state index is 11.4. The summed E-state index contributed by atoms with van der Waals surface area (Å²) in [6.07, 6.45) is 2.44. The Morgan fingerprint density at radius 3 is 3.06 bits per heavy atom. The quantitative estimate of drug-likeness (QED) is 0.710. The lowest BCUT2D eigenvalue weighted by Gasteiger charge is -2.07. The van der Waals surface area contributed by atoms with Crippen LogP contribution in [-0.4, -0.2) is 35.6 Å². The Hall–Kier alpha value is -1.56. The van der Waals surface area contributed by atoms with Crippen molar-refractivity contribution < 1.29 is 9.53 Å². The largest absolute Gasteiger partial charge is 0.382 e. The number of nitrogens with zero attached hydrogens (tertiary/aromatic N) is 2. The van der Waals surface area contributed by atoms with E-state index in [1.54, 1.807) is 24.0 Å². The summed E-state index contributed by atoms with van der Waals surface area (Å²) in [6.45, 7) is 3.93. The van der Waals surface area contributed by atoms with Crippen LogP contribution in [0.4, 0.5) is 10.6 Å². The lowest BCUT2D eigenvalue weighted by molar-refractivity contribution is 0.145. The number of aromatic nitrogens is 2. The van der Waals surface area contributed by atoms with Crippen LogP contribution in [0.25, 0.3) is 0 Å². The average Bonchev–Trinajstić information content (AvgIpc) is 2.64. The van der Waals surface area contributed by atoms with E-state index in [9.17, 15) is 4.79 Å². The monoisotopic (exact) mass is 226 g/mol. The number of urea groups is 1. The van der Waals surface area contributed by atoms with E-state index < -0.39 is 0 Å². The predicted octanol–water partition coefficient (Wildman–Crippen LogP) is 0.968. The highest BCUT2D eigenvalue weighted by Crippen LogP contribution is 2.02. The van der Waals surface area contributed by atoms with E-state index in [2.05, 4.69) is 15.7 Å². The Bertz CT molecular complexity index is 324. The van der Waals surface area contributed by atoms with E-state index in [-0.39, 0.29) is 6.03 Å². The standard InChI is InChI=1S/C10H18N4O2/c1-3-16-8-4-6-11-10(15)13-9-5-7-12-14(9)2/h5,7H,3-4,6,8H2,1-2H3,(H2,11,13,15). The molecule has 0 unspecified atom stereocenters. The molecule has 0 fully saturated rings. The van der Waals surface area contributed by atoms with Crippen molar-refractivity contribution in [2.45, 2.75) is 13.3 Å². The first kappa shape index (κ1) is 12.5. The Kier molecular flexibility index (Phi) is 5.35. The summed E-state index contributed by atoms with van der Waals surface area (Å²) < 4.78 is 6.75. The van der Waals surface area contributed by atoms with Crippen molar-refractivity contribution in [1.82, 2.24) is 15.1 Å². The molecule has 1 aromatic rings. The van der Waals surface area contributed by atoms with Gasteiger partial charge in [0, 0.05) is 32.9 Å². The molecule has 1 rings (SSSR count). The molecule has 0 radical (unpaired) electrons. The van der Waals surface area contributed by atoms with Crippen molar-refractivity contribution in [1.29, 1.82) is 0 Å². The molecule has 1 aromatic heterocycles. The number of nitrogens with one attached hydrogen (secondary N) is 2. The van der Waals surface area contributed by atoms with Crippen LogP contribution >= 0.6 is 0 Å². The Morgan fingerprint density at radius 2 is 2.44 bits per heavy atom. The van der Waals surface area contributed by atoms with E-state index in [0.29, 0.717) is 25.6 Å². The van der Waals surface area contributed by atoms with Gasteiger partial charge in [-0.15, -0.1) is 0 Å². The fourth-order valence-corrected chi connectivity index (χ4v) is 1.18. The summed E-state index contributed by atoms with van der Waals surface area (Å²) in [5.74, 6) is 0.669. The van der Waals surface area contributed by atoms with Gasteiger partial charge in [-0.3, -0.25) is 10.00 Å². The number of anilines is 1. The van der Waals surface area contributed by atoms with Crippen molar-refractivity contribution in [3.63, 3.8) is 0 Å². The zero-order valence-corrected chi connectivity index (χ0v) is 9.69. The molecule has 90 valence electrons. The topological polar surface area (TPSA) is 68.2 Å². The first-order valence-corrected chi connectivity index (χ1v) is 5.34. The van der Waals surface area contributed by atoms with Crippen LogP contribution in [0.5, 0.6) is 0 Å². The third kappa shape index (κ3) is 4.31. The summed E-state index contributed by atoms with van der Waals surface area (Å²) in [6, 6.07) is 1.51. The molecule has 0 saturated heterocycles. The number of carbonyl (C=O) groups is 1. The van der Waals surface area contributed by atoms with Gasteiger partial charge in [-0.2, -0.15) is 5.10 Å². The number of ether oxygens (including phenoxy) is 1. The van der Waals surface area contributed by atoms with Crippen LogP contribution < -0.4 is 10.6 Å². The second-order valence-corrected chi connectivity index (χ2v) is 3.27. The fraction of sp³-hybridized carbons (Fsp3) is 0.600. The summed E-state index contributed by atoms with van der Waals surface area (Å²) in [5.41, 5.74) is 0. The molecule has 0 bridgehead atoms. The molecule has 6 heteroatoms. The van der Waals surface area contributed by atoms with Gasteiger partial charge in [-0.1, -0.05) is 0 Å². The molecule has 0 aliphatic carbocycles. The molecule has 2 N–H and O–H groups in total. The Labute approximate surface area is 95.0 Å². The van der Waals surface area contributed by atoms with Gasteiger partial charge in [0.25, 0.3) is 0 Å². The lowest BCUT2D eigenvalue weighted by atomic mass is 10.4. The highest BCUT2D eigenvalue weighted by Gasteiger charge is 2.03. The molecule has 0 aromatic carbocycles. The smallest absolute Gasteiger partial charge is 0.320 e. The van der Waals surface area contributed by atoms with Crippen molar-refractivity contribution >= 4 is 11.8 Å².